The Labute approximate surface area is 127 Å². The maximum absolute atomic E-state index is 11.6. The summed E-state index contributed by atoms with van der Waals surface area (Å²) in [6.45, 7) is 6.43. The molecule has 1 atom stereocenters. The summed E-state index contributed by atoms with van der Waals surface area (Å²) in [5, 5.41) is 19.3. The zero-order valence-electron chi connectivity index (χ0n) is 12.3. The van der Waals surface area contributed by atoms with E-state index in [1.165, 1.54) is 5.57 Å². The van der Waals surface area contributed by atoms with Gasteiger partial charge in [0.2, 0.25) is 5.91 Å². The van der Waals surface area contributed by atoms with E-state index in [-0.39, 0.29) is 17.7 Å². The first-order valence-electron chi connectivity index (χ1n) is 6.76. The van der Waals surface area contributed by atoms with Crippen molar-refractivity contribution in [1.82, 2.24) is 5.32 Å². The first-order valence-corrected chi connectivity index (χ1v) is 7.64. The number of allylic oxidation sites excluding steroid dienone is 2. The van der Waals surface area contributed by atoms with Crippen LogP contribution in [0.3, 0.4) is 0 Å². The molecule has 0 radical (unpaired) electrons. The average Bonchev–Trinajstić information content (AvgIpc) is 2.64. The van der Waals surface area contributed by atoms with Gasteiger partial charge in [0.05, 0.1) is 12.1 Å². The number of carboxylic acids is 1. The molecule has 0 aromatic rings. The second kappa shape index (κ2) is 6.01. The monoisotopic (exact) mass is 309 g/mol. The molecule has 2 rings (SSSR count). The molecular formula is C14H19N3O3S. The van der Waals surface area contributed by atoms with Gasteiger partial charge >= 0.3 is 5.97 Å². The first-order chi connectivity index (χ1) is 9.75. The molecule has 1 heterocycles. The number of amidine groups is 1. The number of hydrogen-bond donors (Lipinski definition) is 2. The third kappa shape index (κ3) is 4.42. The Morgan fingerprint density at radius 2 is 2.19 bits per heavy atom. The van der Waals surface area contributed by atoms with Crippen LogP contribution in [-0.4, -0.2) is 33.1 Å². The summed E-state index contributed by atoms with van der Waals surface area (Å²) in [6, 6.07) is 0. The minimum atomic E-state index is -0.997. The van der Waals surface area contributed by atoms with Crippen molar-refractivity contribution in [2.24, 2.45) is 15.6 Å². The molecule has 7 heteroatoms. The van der Waals surface area contributed by atoms with Crippen LogP contribution < -0.4 is 5.32 Å². The minimum absolute atomic E-state index is 0.162. The molecule has 1 fully saturated rings. The molecule has 0 aromatic carbocycles. The summed E-state index contributed by atoms with van der Waals surface area (Å²) in [4.78, 5) is 22.2. The van der Waals surface area contributed by atoms with E-state index >= 15 is 0 Å². The van der Waals surface area contributed by atoms with Gasteiger partial charge in [0.15, 0.2) is 5.17 Å². The van der Waals surface area contributed by atoms with Gasteiger partial charge in [0, 0.05) is 0 Å². The highest BCUT2D eigenvalue weighted by Gasteiger charge is 2.32. The Morgan fingerprint density at radius 3 is 2.81 bits per heavy atom. The second-order valence-electron chi connectivity index (χ2n) is 6.20. The third-order valence-corrected chi connectivity index (χ3v) is 4.31. The molecule has 6 nitrogen and oxygen atoms in total. The number of thioether (sulfide) groups is 1. The summed E-state index contributed by atoms with van der Waals surface area (Å²) in [6.07, 6.45) is 3.68. The van der Waals surface area contributed by atoms with Crippen molar-refractivity contribution in [3.05, 3.63) is 11.6 Å². The largest absolute Gasteiger partial charge is 0.481 e. The van der Waals surface area contributed by atoms with Gasteiger partial charge in [-0.1, -0.05) is 31.2 Å². The number of carbonyl (C=O) groups is 2. The molecule has 1 aliphatic heterocycles. The SMILES string of the molecule is CC1=C/C(=N\N=C2/NC(=O)[C@@H](CC(=O)O)S2)CC(C)(C)C1. The van der Waals surface area contributed by atoms with Crippen molar-refractivity contribution in [3.63, 3.8) is 0 Å². The van der Waals surface area contributed by atoms with Gasteiger partial charge in [-0.25, -0.2) is 0 Å². The zero-order chi connectivity index (χ0) is 15.6. The van der Waals surface area contributed by atoms with E-state index < -0.39 is 11.2 Å². The van der Waals surface area contributed by atoms with Crippen LogP contribution in [0.5, 0.6) is 0 Å². The quantitative estimate of drug-likeness (QED) is 0.782. The molecule has 0 saturated carbocycles. The lowest BCUT2D eigenvalue weighted by Gasteiger charge is -2.28. The topological polar surface area (TPSA) is 91.1 Å². The fourth-order valence-corrected chi connectivity index (χ4v) is 3.52. The van der Waals surface area contributed by atoms with E-state index in [2.05, 4.69) is 36.3 Å². The van der Waals surface area contributed by atoms with Crippen LogP contribution >= 0.6 is 11.8 Å². The van der Waals surface area contributed by atoms with Gasteiger partial charge in [-0.05, 0) is 31.3 Å². The fraction of sp³-hybridized carbons (Fsp3) is 0.571. The van der Waals surface area contributed by atoms with Crippen LogP contribution in [-0.2, 0) is 9.59 Å². The van der Waals surface area contributed by atoms with Gasteiger partial charge < -0.3 is 10.4 Å². The average molecular weight is 309 g/mol. The van der Waals surface area contributed by atoms with Crippen LogP contribution in [0.25, 0.3) is 0 Å². The highest BCUT2D eigenvalue weighted by Crippen LogP contribution is 2.33. The molecule has 1 amide bonds. The summed E-state index contributed by atoms with van der Waals surface area (Å²) in [7, 11) is 0. The van der Waals surface area contributed by atoms with Gasteiger partial charge in [-0.3, -0.25) is 9.59 Å². The van der Waals surface area contributed by atoms with Crippen molar-refractivity contribution >= 4 is 34.5 Å². The van der Waals surface area contributed by atoms with E-state index in [4.69, 9.17) is 5.11 Å². The Bertz CT molecular complexity index is 564. The lowest BCUT2D eigenvalue weighted by Crippen LogP contribution is -2.26. The molecule has 0 aromatic heterocycles. The maximum Gasteiger partial charge on any atom is 0.305 e. The number of carboxylic acid groups (broad SMARTS) is 1. The van der Waals surface area contributed by atoms with E-state index in [1.54, 1.807) is 0 Å². The van der Waals surface area contributed by atoms with Crippen LogP contribution in [0, 0.1) is 5.41 Å². The predicted molar refractivity (Wildman–Crippen MR) is 83.4 cm³/mol. The van der Waals surface area contributed by atoms with Crippen LogP contribution in [0.15, 0.2) is 21.9 Å². The standard InChI is InChI=1S/C14H19N3O3S/c1-8-4-9(7-14(2,3)6-8)16-17-13-15-12(20)10(21-13)5-11(18)19/h4,10H,5-7H2,1-3H3,(H,18,19)(H,15,17,20)/b16-9+/t10-/m1/s1. The van der Waals surface area contributed by atoms with E-state index in [1.807, 2.05) is 6.08 Å². The van der Waals surface area contributed by atoms with Crippen LogP contribution in [0.2, 0.25) is 0 Å². The highest BCUT2D eigenvalue weighted by atomic mass is 32.2. The van der Waals surface area contributed by atoms with Crippen LogP contribution in [0.4, 0.5) is 0 Å². The van der Waals surface area contributed by atoms with E-state index in [9.17, 15) is 9.59 Å². The molecule has 0 unspecified atom stereocenters. The smallest absolute Gasteiger partial charge is 0.305 e. The summed E-state index contributed by atoms with van der Waals surface area (Å²) in [5.41, 5.74) is 2.31. The third-order valence-electron chi connectivity index (χ3n) is 3.24. The van der Waals surface area contributed by atoms with Crippen molar-refractivity contribution in [2.45, 2.75) is 45.3 Å². The molecule has 0 bridgehead atoms. The number of rotatable bonds is 3. The molecule has 2 aliphatic rings. The Kier molecular flexibility index (Phi) is 4.51. The molecule has 2 N–H and O–H groups in total. The molecule has 114 valence electrons. The highest BCUT2D eigenvalue weighted by molar-refractivity contribution is 8.15. The van der Waals surface area contributed by atoms with Crippen molar-refractivity contribution in [3.8, 4) is 0 Å². The summed E-state index contributed by atoms with van der Waals surface area (Å²) < 4.78 is 0. The van der Waals surface area contributed by atoms with Crippen molar-refractivity contribution in [2.75, 3.05) is 0 Å². The Morgan fingerprint density at radius 1 is 1.48 bits per heavy atom. The first kappa shape index (κ1) is 15.8. The van der Waals surface area contributed by atoms with Crippen LogP contribution in [0.1, 0.15) is 40.0 Å². The normalized spacial score (nSPS) is 28.6. The van der Waals surface area contributed by atoms with Gasteiger partial charge in [0.25, 0.3) is 0 Å². The minimum Gasteiger partial charge on any atom is -0.481 e. The van der Waals surface area contributed by atoms with Gasteiger partial charge in [-0.2, -0.15) is 5.10 Å². The lowest BCUT2D eigenvalue weighted by atomic mass is 9.77. The second-order valence-corrected chi connectivity index (χ2v) is 7.39. The maximum atomic E-state index is 11.6. The van der Waals surface area contributed by atoms with Gasteiger partial charge in [-0.15, -0.1) is 5.10 Å². The number of nitrogens with zero attached hydrogens (tertiary/aromatic N) is 2. The number of nitrogens with one attached hydrogen (secondary N) is 1. The number of hydrogen-bond acceptors (Lipinski definition) is 5. The Balaban J connectivity index is 2.08. The number of amides is 1. The zero-order valence-corrected chi connectivity index (χ0v) is 13.2. The lowest BCUT2D eigenvalue weighted by molar-refractivity contribution is -0.138. The van der Waals surface area contributed by atoms with Crippen molar-refractivity contribution in [1.29, 1.82) is 0 Å². The van der Waals surface area contributed by atoms with E-state index in [0.717, 1.165) is 30.3 Å². The molecular weight excluding hydrogens is 290 g/mol. The number of aliphatic carboxylic acids is 1. The molecule has 21 heavy (non-hydrogen) atoms. The van der Waals surface area contributed by atoms with E-state index in [0.29, 0.717) is 5.17 Å². The fourth-order valence-electron chi connectivity index (χ4n) is 2.61. The summed E-state index contributed by atoms with van der Waals surface area (Å²) in [5.74, 6) is -1.32. The molecule has 1 saturated heterocycles. The van der Waals surface area contributed by atoms with Crippen molar-refractivity contribution < 1.29 is 14.7 Å². The number of carbonyl (C=O) groups excluding carboxylic acids is 1. The van der Waals surface area contributed by atoms with Gasteiger partial charge in [0.1, 0.15) is 5.25 Å². The predicted octanol–water partition coefficient (Wildman–Crippen LogP) is 2.17. The summed E-state index contributed by atoms with van der Waals surface area (Å²) >= 11 is 1.12. The Hall–Kier alpha value is -1.63. The molecule has 0 spiro atoms. The molecule has 1 aliphatic carbocycles.